The van der Waals surface area contributed by atoms with Crippen molar-refractivity contribution >= 4 is 29.1 Å². The summed E-state index contributed by atoms with van der Waals surface area (Å²) in [7, 11) is 0. The molecule has 1 atom stereocenters. The second-order valence-electron chi connectivity index (χ2n) is 6.71. The Kier molecular flexibility index (Phi) is 5.80. The average Bonchev–Trinajstić information content (AvgIpc) is 2.79. The predicted molar refractivity (Wildman–Crippen MR) is 104 cm³/mol. The highest BCUT2D eigenvalue weighted by Gasteiger charge is 2.35. The number of hydrogen-bond donors (Lipinski definition) is 1. The summed E-state index contributed by atoms with van der Waals surface area (Å²) < 4.78 is 13.5. The zero-order chi connectivity index (χ0) is 19.6. The molecule has 1 aliphatic heterocycles. The fraction of sp³-hybridized carbons (Fsp3) is 0.333. The Morgan fingerprint density at radius 2 is 1.89 bits per heavy atom. The fourth-order valence-electron chi connectivity index (χ4n) is 3.56. The first-order chi connectivity index (χ1) is 12.9. The van der Waals surface area contributed by atoms with Crippen molar-refractivity contribution in [2.45, 2.75) is 32.7 Å². The lowest BCUT2D eigenvalue weighted by Gasteiger charge is -2.33. The van der Waals surface area contributed by atoms with E-state index < -0.39 is 6.04 Å². The molecule has 142 valence electrons. The second-order valence-corrected chi connectivity index (χ2v) is 7.15. The summed E-state index contributed by atoms with van der Waals surface area (Å²) in [6, 6.07) is 10.7. The van der Waals surface area contributed by atoms with Gasteiger partial charge in [0.15, 0.2) is 0 Å². The first-order valence-electron chi connectivity index (χ1n) is 9.09. The first kappa shape index (κ1) is 19.4. The lowest BCUT2D eigenvalue weighted by Crippen LogP contribution is -2.42. The number of carbonyl (C=O) groups is 2. The number of rotatable bonds is 4. The van der Waals surface area contributed by atoms with Gasteiger partial charge in [-0.2, -0.15) is 0 Å². The van der Waals surface area contributed by atoms with Crippen molar-refractivity contribution in [1.82, 2.24) is 4.90 Å². The average molecular weight is 389 g/mol. The third-order valence-electron chi connectivity index (χ3n) is 5.01. The maximum Gasteiger partial charge on any atom is 0.244 e. The molecule has 1 N–H and O–H groups in total. The molecule has 0 saturated carbocycles. The summed E-state index contributed by atoms with van der Waals surface area (Å²) in [5, 5.41) is 3.36. The number of nitrogens with zero attached hydrogens (tertiary/aromatic N) is 1. The van der Waals surface area contributed by atoms with Crippen LogP contribution in [0.2, 0.25) is 5.02 Å². The quantitative estimate of drug-likeness (QED) is 0.818. The number of amides is 2. The molecule has 2 aromatic carbocycles. The Hall–Kier alpha value is -2.40. The van der Waals surface area contributed by atoms with E-state index in [4.69, 9.17) is 11.6 Å². The summed E-state index contributed by atoms with van der Waals surface area (Å²) in [6.07, 6.45) is 1.37. The number of hydrogen-bond acceptors (Lipinski definition) is 2. The van der Waals surface area contributed by atoms with Gasteiger partial charge in [-0.3, -0.25) is 9.59 Å². The van der Waals surface area contributed by atoms with Crippen LogP contribution >= 0.6 is 11.6 Å². The van der Waals surface area contributed by atoms with E-state index in [9.17, 15) is 14.0 Å². The molecule has 2 amide bonds. The van der Waals surface area contributed by atoms with Crippen LogP contribution in [0.1, 0.15) is 43.9 Å². The van der Waals surface area contributed by atoms with E-state index in [1.54, 1.807) is 35.2 Å². The van der Waals surface area contributed by atoms with Crippen molar-refractivity contribution in [2.75, 3.05) is 11.9 Å². The van der Waals surface area contributed by atoms with Crippen molar-refractivity contribution in [3.8, 4) is 0 Å². The number of halogens is 2. The molecular formula is C21H22ClFN2O2. The third kappa shape index (κ3) is 3.98. The van der Waals surface area contributed by atoms with Gasteiger partial charge < -0.3 is 10.2 Å². The Labute approximate surface area is 163 Å². The minimum absolute atomic E-state index is 0.0658. The minimum Gasteiger partial charge on any atom is -0.324 e. The smallest absolute Gasteiger partial charge is 0.244 e. The standard InChI is InChI=1S/C21H22ClFN2O2/c1-3-13(4-2)21(27)25-12-19(26)24-18-10-7-15(22)11-17(18)20(25)14-5-8-16(23)9-6-14/h5-11,13,20H,3-4,12H2,1-2H3,(H,24,26). The zero-order valence-corrected chi connectivity index (χ0v) is 16.1. The monoisotopic (exact) mass is 388 g/mol. The van der Waals surface area contributed by atoms with Gasteiger partial charge in [0.1, 0.15) is 12.4 Å². The highest BCUT2D eigenvalue weighted by molar-refractivity contribution is 6.30. The molecule has 0 bridgehead atoms. The number of carbonyl (C=O) groups excluding carboxylic acids is 2. The van der Waals surface area contributed by atoms with Crippen LogP contribution in [0, 0.1) is 11.7 Å². The van der Waals surface area contributed by atoms with E-state index in [0.717, 1.165) is 11.1 Å². The number of anilines is 1. The molecule has 1 aliphatic rings. The molecule has 0 spiro atoms. The SMILES string of the molecule is CCC(CC)C(=O)N1CC(=O)Nc2ccc(Cl)cc2C1c1ccc(F)cc1. The molecule has 6 heteroatoms. The van der Waals surface area contributed by atoms with Gasteiger partial charge in [0, 0.05) is 22.2 Å². The number of nitrogens with one attached hydrogen (secondary N) is 1. The van der Waals surface area contributed by atoms with Crippen molar-refractivity contribution in [1.29, 1.82) is 0 Å². The lowest BCUT2D eigenvalue weighted by atomic mass is 9.93. The van der Waals surface area contributed by atoms with Crippen LogP contribution in [0.4, 0.5) is 10.1 Å². The Morgan fingerprint density at radius 3 is 2.52 bits per heavy atom. The van der Waals surface area contributed by atoms with Gasteiger partial charge in [0.05, 0.1) is 6.04 Å². The second kappa shape index (κ2) is 8.09. The van der Waals surface area contributed by atoms with Gasteiger partial charge in [-0.05, 0) is 48.7 Å². The Bertz CT molecular complexity index is 850. The summed E-state index contributed by atoms with van der Waals surface area (Å²) in [4.78, 5) is 27.3. The van der Waals surface area contributed by atoms with E-state index >= 15 is 0 Å². The van der Waals surface area contributed by atoms with E-state index in [1.807, 2.05) is 13.8 Å². The van der Waals surface area contributed by atoms with Gasteiger partial charge in [-0.25, -0.2) is 4.39 Å². The Balaban J connectivity index is 2.18. The van der Waals surface area contributed by atoms with Gasteiger partial charge in [0.2, 0.25) is 11.8 Å². The van der Waals surface area contributed by atoms with Crippen LogP contribution in [0.5, 0.6) is 0 Å². The largest absolute Gasteiger partial charge is 0.324 e. The zero-order valence-electron chi connectivity index (χ0n) is 15.3. The summed E-state index contributed by atoms with van der Waals surface area (Å²) in [6.45, 7) is 3.85. The lowest BCUT2D eigenvalue weighted by molar-refractivity contribution is -0.140. The van der Waals surface area contributed by atoms with Crippen LogP contribution in [0.25, 0.3) is 0 Å². The van der Waals surface area contributed by atoms with Crippen molar-refractivity contribution in [3.63, 3.8) is 0 Å². The summed E-state index contributed by atoms with van der Waals surface area (Å²) >= 11 is 6.21. The maximum atomic E-state index is 13.5. The molecular weight excluding hydrogens is 367 g/mol. The minimum atomic E-state index is -0.522. The summed E-state index contributed by atoms with van der Waals surface area (Å²) in [5.41, 5.74) is 2.06. The van der Waals surface area contributed by atoms with E-state index in [0.29, 0.717) is 23.6 Å². The molecule has 1 unspecified atom stereocenters. The molecule has 0 saturated heterocycles. The molecule has 27 heavy (non-hydrogen) atoms. The van der Waals surface area contributed by atoms with Crippen molar-refractivity contribution < 1.29 is 14.0 Å². The molecule has 0 radical (unpaired) electrons. The Morgan fingerprint density at radius 1 is 1.22 bits per heavy atom. The fourth-order valence-corrected chi connectivity index (χ4v) is 3.74. The van der Waals surface area contributed by atoms with Crippen LogP contribution in [0.15, 0.2) is 42.5 Å². The topological polar surface area (TPSA) is 49.4 Å². The molecule has 3 rings (SSSR count). The maximum absolute atomic E-state index is 13.5. The van der Waals surface area contributed by atoms with Crippen LogP contribution in [-0.2, 0) is 9.59 Å². The van der Waals surface area contributed by atoms with E-state index in [-0.39, 0.29) is 30.1 Å². The van der Waals surface area contributed by atoms with Crippen molar-refractivity contribution in [2.24, 2.45) is 5.92 Å². The normalized spacial score (nSPS) is 16.7. The van der Waals surface area contributed by atoms with Gasteiger partial charge in [-0.1, -0.05) is 37.6 Å². The molecule has 0 aromatic heterocycles. The molecule has 1 heterocycles. The first-order valence-corrected chi connectivity index (χ1v) is 9.47. The van der Waals surface area contributed by atoms with Crippen molar-refractivity contribution in [3.05, 3.63) is 64.4 Å². The molecule has 4 nitrogen and oxygen atoms in total. The molecule has 0 aliphatic carbocycles. The van der Waals surface area contributed by atoms with E-state index in [1.165, 1.54) is 12.1 Å². The highest BCUT2D eigenvalue weighted by Crippen LogP contribution is 2.38. The molecule has 2 aromatic rings. The number of benzene rings is 2. The van der Waals surface area contributed by atoms with Gasteiger partial charge >= 0.3 is 0 Å². The summed E-state index contributed by atoms with van der Waals surface area (Å²) in [5.74, 6) is -0.882. The third-order valence-corrected chi connectivity index (χ3v) is 5.25. The van der Waals surface area contributed by atoms with Gasteiger partial charge in [0.25, 0.3) is 0 Å². The van der Waals surface area contributed by atoms with E-state index in [2.05, 4.69) is 5.32 Å². The number of fused-ring (bicyclic) bond motifs is 1. The predicted octanol–water partition coefficient (Wildman–Crippen LogP) is 4.79. The van der Waals surface area contributed by atoms with Crippen LogP contribution in [0.3, 0.4) is 0 Å². The molecule has 0 fully saturated rings. The van der Waals surface area contributed by atoms with Crippen LogP contribution < -0.4 is 5.32 Å². The van der Waals surface area contributed by atoms with Gasteiger partial charge in [-0.15, -0.1) is 0 Å². The highest BCUT2D eigenvalue weighted by atomic mass is 35.5. The van der Waals surface area contributed by atoms with Crippen LogP contribution in [-0.4, -0.2) is 23.3 Å².